The van der Waals surface area contributed by atoms with E-state index in [4.69, 9.17) is 5.26 Å². The molecule has 0 bridgehead atoms. The first kappa shape index (κ1) is 11.3. The molecule has 15 heavy (non-hydrogen) atoms. The van der Waals surface area contributed by atoms with E-state index < -0.39 is 6.43 Å². The summed E-state index contributed by atoms with van der Waals surface area (Å²) in [5, 5.41) is 8.59. The molecule has 1 aromatic carbocycles. The second kappa shape index (κ2) is 4.65. The number of hydrogen-bond acceptors (Lipinski definition) is 2. The highest BCUT2D eigenvalue weighted by molar-refractivity contribution is 5.78. The summed E-state index contributed by atoms with van der Waals surface area (Å²) >= 11 is 0. The zero-order valence-corrected chi connectivity index (χ0v) is 8.13. The second-order valence-electron chi connectivity index (χ2n) is 3.21. The van der Waals surface area contributed by atoms with Crippen molar-refractivity contribution in [3.8, 4) is 6.07 Å². The molecule has 0 heterocycles. The first-order chi connectivity index (χ1) is 7.04. The van der Waals surface area contributed by atoms with E-state index in [0.717, 1.165) is 0 Å². The van der Waals surface area contributed by atoms with Crippen LogP contribution in [-0.2, 0) is 11.2 Å². The second-order valence-corrected chi connectivity index (χ2v) is 3.21. The Morgan fingerprint density at radius 2 is 2.20 bits per heavy atom. The van der Waals surface area contributed by atoms with Gasteiger partial charge in [0.2, 0.25) is 0 Å². The summed E-state index contributed by atoms with van der Waals surface area (Å²) in [6.07, 6.45) is -2.57. The van der Waals surface area contributed by atoms with Crippen LogP contribution in [0.3, 0.4) is 0 Å². The maximum Gasteiger partial charge on any atom is 0.265 e. The van der Waals surface area contributed by atoms with E-state index in [9.17, 15) is 13.6 Å². The number of nitriles is 1. The first-order valence-corrected chi connectivity index (χ1v) is 4.35. The highest BCUT2D eigenvalue weighted by Gasteiger charge is 2.13. The number of carbonyl (C=O) groups is 1. The van der Waals surface area contributed by atoms with E-state index in [1.807, 2.05) is 0 Å². The SMILES string of the molecule is CC(=O)Cc1ccc(C#N)c(C(F)F)c1. The van der Waals surface area contributed by atoms with E-state index in [1.54, 1.807) is 6.07 Å². The predicted octanol–water partition coefficient (Wildman–Crippen LogP) is 2.63. The average Bonchev–Trinajstić information content (AvgIpc) is 2.16. The number of Topliss-reactive ketones (excluding diaryl/α,β-unsaturated/α-hetero) is 1. The van der Waals surface area contributed by atoms with E-state index in [1.165, 1.54) is 25.1 Å². The Hall–Kier alpha value is -1.76. The lowest BCUT2D eigenvalue weighted by Gasteiger charge is -2.05. The largest absolute Gasteiger partial charge is 0.300 e. The van der Waals surface area contributed by atoms with Gasteiger partial charge in [0.15, 0.2) is 0 Å². The number of benzene rings is 1. The lowest BCUT2D eigenvalue weighted by Crippen LogP contribution is -1.99. The standard InChI is InChI=1S/C11H9F2NO/c1-7(15)4-8-2-3-9(6-14)10(5-8)11(12)13/h2-3,5,11H,4H2,1H3. The van der Waals surface area contributed by atoms with Crippen molar-refractivity contribution < 1.29 is 13.6 Å². The summed E-state index contributed by atoms with van der Waals surface area (Å²) in [4.78, 5) is 10.8. The summed E-state index contributed by atoms with van der Waals surface area (Å²) in [5.74, 6) is -0.0973. The Labute approximate surface area is 86.1 Å². The van der Waals surface area contributed by atoms with Gasteiger partial charge >= 0.3 is 0 Å². The molecule has 0 N–H and O–H groups in total. The Kier molecular flexibility index (Phi) is 3.51. The predicted molar refractivity (Wildman–Crippen MR) is 50.5 cm³/mol. The molecule has 0 unspecified atom stereocenters. The van der Waals surface area contributed by atoms with Crippen molar-refractivity contribution in [2.45, 2.75) is 19.8 Å². The Morgan fingerprint density at radius 3 is 2.67 bits per heavy atom. The smallest absolute Gasteiger partial charge is 0.265 e. The first-order valence-electron chi connectivity index (χ1n) is 4.35. The van der Waals surface area contributed by atoms with Gasteiger partial charge in [-0.25, -0.2) is 8.78 Å². The number of ketones is 1. The van der Waals surface area contributed by atoms with Crippen molar-refractivity contribution in [3.05, 3.63) is 34.9 Å². The number of hydrogen-bond donors (Lipinski definition) is 0. The van der Waals surface area contributed by atoms with Gasteiger partial charge in [0.25, 0.3) is 6.43 Å². The van der Waals surface area contributed by atoms with Crippen molar-refractivity contribution in [1.29, 1.82) is 5.26 Å². The summed E-state index contributed by atoms with van der Waals surface area (Å²) in [5.41, 5.74) is 0.158. The lowest BCUT2D eigenvalue weighted by molar-refractivity contribution is -0.116. The van der Waals surface area contributed by atoms with Crippen molar-refractivity contribution in [2.24, 2.45) is 0 Å². The van der Waals surface area contributed by atoms with E-state index in [2.05, 4.69) is 0 Å². The Morgan fingerprint density at radius 1 is 1.53 bits per heavy atom. The number of halogens is 2. The van der Waals surface area contributed by atoms with Crippen LogP contribution >= 0.6 is 0 Å². The Balaban J connectivity index is 3.11. The van der Waals surface area contributed by atoms with E-state index in [-0.39, 0.29) is 23.3 Å². The minimum absolute atomic E-state index is 0.0442. The van der Waals surface area contributed by atoms with Gasteiger partial charge in [-0.15, -0.1) is 0 Å². The molecule has 0 radical (unpaired) electrons. The third-order valence-corrected chi connectivity index (χ3v) is 1.92. The fraction of sp³-hybridized carbons (Fsp3) is 0.273. The molecule has 0 saturated carbocycles. The van der Waals surface area contributed by atoms with Crippen LogP contribution in [0.25, 0.3) is 0 Å². The van der Waals surface area contributed by atoms with Crippen LogP contribution in [0.4, 0.5) is 8.78 Å². The van der Waals surface area contributed by atoms with Crippen LogP contribution in [0.2, 0.25) is 0 Å². The molecule has 0 aliphatic heterocycles. The molecule has 0 aliphatic carbocycles. The van der Waals surface area contributed by atoms with Crippen LogP contribution < -0.4 is 0 Å². The fourth-order valence-corrected chi connectivity index (χ4v) is 1.29. The molecule has 0 spiro atoms. The summed E-state index contributed by atoms with van der Waals surface area (Å²) < 4.78 is 25.0. The van der Waals surface area contributed by atoms with Crippen molar-refractivity contribution in [1.82, 2.24) is 0 Å². The molecule has 0 saturated heterocycles. The van der Waals surface area contributed by atoms with Gasteiger partial charge in [-0.1, -0.05) is 6.07 Å². The lowest BCUT2D eigenvalue weighted by atomic mass is 10.0. The highest BCUT2D eigenvalue weighted by Crippen LogP contribution is 2.23. The van der Waals surface area contributed by atoms with Crippen molar-refractivity contribution >= 4 is 5.78 Å². The molecule has 0 amide bonds. The average molecular weight is 209 g/mol. The number of nitrogens with zero attached hydrogens (tertiary/aromatic N) is 1. The molecule has 0 fully saturated rings. The normalized spacial score (nSPS) is 10.1. The van der Waals surface area contributed by atoms with Crippen LogP contribution in [0.5, 0.6) is 0 Å². The van der Waals surface area contributed by atoms with Gasteiger partial charge in [-0.3, -0.25) is 4.79 Å². The maximum atomic E-state index is 12.5. The van der Waals surface area contributed by atoms with Gasteiger partial charge in [-0.05, 0) is 24.6 Å². The molecule has 0 atom stereocenters. The van der Waals surface area contributed by atoms with Gasteiger partial charge in [0.1, 0.15) is 5.78 Å². The van der Waals surface area contributed by atoms with Gasteiger partial charge in [0, 0.05) is 12.0 Å². The molecule has 1 rings (SSSR count). The summed E-state index contributed by atoms with van der Waals surface area (Å²) in [6, 6.07) is 5.74. The van der Waals surface area contributed by atoms with Crippen LogP contribution in [-0.4, -0.2) is 5.78 Å². The third kappa shape index (κ3) is 2.84. The summed E-state index contributed by atoms with van der Waals surface area (Å²) in [6.45, 7) is 1.39. The zero-order valence-electron chi connectivity index (χ0n) is 8.13. The molecule has 0 aromatic heterocycles. The summed E-state index contributed by atoms with van der Waals surface area (Å²) in [7, 11) is 0. The van der Waals surface area contributed by atoms with Gasteiger partial charge < -0.3 is 0 Å². The molecule has 78 valence electrons. The minimum Gasteiger partial charge on any atom is -0.300 e. The zero-order chi connectivity index (χ0) is 11.4. The van der Waals surface area contributed by atoms with Crippen molar-refractivity contribution in [3.63, 3.8) is 0 Å². The molecular formula is C11H9F2NO. The van der Waals surface area contributed by atoms with Crippen LogP contribution in [0.1, 0.15) is 30.0 Å². The molecule has 4 heteroatoms. The number of alkyl halides is 2. The third-order valence-electron chi connectivity index (χ3n) is 1.92. The highest BCUT2D eigenvalue weighted by atomic mass is 19.3. The van der Waals surface area contributed by atoms with E-state index >= 15 is 0 Å². The van der Waals surface area contributed by atoms with Crippen molar-refractivity contribution in [2.75, 3.05) is 0 Å². The minimum atomic E-state index is -2.69. The van der Waals surface area contributed by atoms with Crippen LogP contribution in [0.15, 0.2) is 18.2 Å². The Bertz CT molecular complexity index is 421. The monoisotopic (exact) mass is 209 g/mol. The molecule has 2 nitrogen and oxygen atoms in total. The maximum absolute atomic E-state index is 12.5. The number of carbonyl (C=O) groups excluding carboxylic acids is 1. The number of rotatable bonds is 3. The molecule has 1 aromatic rings. The van der Waals surface area contributed by atoms with Gasteiger partial charge in [0.05, 0.1) is 11.6 Å². The van der Waals surface area contributed by atoms with Crippen LogP contribution in [0, 0.1) is 11.3 Å². The molecular weight excluding hydrogens is 200 g/mol. The molecule has 0 aliphatic rings. The topological polar surface area (TPSA) is 40.9 Å². The van der Waals surface area contributed by atoms with Gasteiger partial charge in [-0.2, -0.15) is 5.26 Å². The quantitative estimate of drug-likeness (QED) is 0.767. The fourth-order valence-electron chi connectivity index (χ4n) is 1.29. The van der Waals surface area contributed by atoms with E-state index in [0.29, 0.717) is 5.56 Å².